The van der Waals surface area contributed by atoms with Crippen molar-refractivity contribution in [2.24, 2.45) is 7.05 Å². The minimum absolute atomic E-state index is 0.192. The van der Waals surface area contributed by atoms with Gasteiger partial charge in [0.15, 0.2) is 0 Å². The number of nitrogens with zero attached hydrogens (tertiary/aromatic N) is 3. The number of benzene rings is 1. The van der Waals surface area contributed by atoms with Crippen molar-refractivity contribution in [2.75, 3.05) is 6.26 Å². The van der Waals surface area contributed by atoms with E-state index in [-0.39, 0.29) is 6.04 Å². The van der Waals surface area contributed by atoms with Crippen LogP contribution in [0.5, 0.6) is 0 Å². The number of hydrogen-bond donors (Lipinski definition) is 1. The molecule has 1 heterocycles. The first-order valence-electron chi connectivity index (χ1n) is 5.91. The van der Waals surface area contributed by atoms with Gasteiger partial charge in [0, 0.05) is 18.5 Å². The summed E-state index contributed by atoms with van der Waals surface area (Å²) in [5.41, 5.74) is 1.28. The molecule has 0 fully saturated rings. The van der Waals surface area contributed by atoms with E-state index in [2.05, 4.69) is 53.0 Å². The molecule has 0 bridgehead atoms. The van der Waals surface area contributed by atoms with Crippen LogP contribution < -0.4 is 5.32 Å². The molecule has 2 rings (SSSR count). The quantitative estimate of drug-likeness (QED) is 0.840. The average molecular weight is 262 g/mol. The highest BCUT2D eigenvalue weighted by molar-refractivity contribution is 7.98. The summed E-state index contributed by atoms with van der Waals surface area (Å²) in [5.74, 6) is 0.954. The molecule has 1 N–H and O–H groups in total. The molecule has 5 heteroatoms. The minimum Gasteiger partial charge on any atom is -0.319 e. The summed E-state index contributed by atoms with van der Waals surface area (Å²) in [4.78, 5) is 1.29. The zero-order chi connectivity index (χ0) is 13.0. The van der Waals surface area contributed by atoms with Gasteiger partial charge in [-0.1, -0.05) is 12.1 Å². The lowest BCUT2D eigenvalue weighted by atomic mass is 10.2. The summed E-state index contributed by atoms with van der Waals surface area (Å²) >= 11 is 1.76. The van der Waals surface area contributed by atoms with Gasteiger partial charge in [-0.2, -0.15) is 0 Å². The van der Waals surface area contributed by atoms with Gasteiger partial charge in [0.05, 0.1) is 6.04 Å². The molecule has 1 aromatic heterocycles. The molecular formula is C13H18N4S. The Hall–Kier alpha value is -1.33. The normalized spacial score (nSPS) is 12.6. The van der Waals surface area contributed by atoms with Crippen LogP contribution in [0.2, 0.25) is 0 Å². The van der Waals surface area contributed by atoms with Crippen molar-refractivity contribution in [2.45, 2.75) is 24.4 Å². The van der Waals surface area contributed by atoms with Gasteiger partial charge in [-0.25, -0.2) is 0 Å². The summed E-state index contributed by atoms with van der Waals surface area (Å²) in [6, 6.07) is 8.80. The van der Waals surface area contributed by atoms with Gasteiger partial charge in [-0.15, -0.1) is 22.0 Å². The van der Waals surface area contributed by atoms with E-state index in [1.165, 1.54) is 10.5 Å². The largest absolute Gasteiger partial charge is 0.319 e. The van der Waals surface area contributed by atoms with Gasteiger partial charge in [0.1, 0.15) is 12.2 Å². The fourth-order valence-corrected chi connectivity index (χ4v) is 2.20. The molecule has 4 nitrogen and oxygen atoms in total. The third kappa shape index (κ3) is 3.11. The fraction of sp³-hybridized carbons (Fsp3) is 0.385. The second-order valence-corrected chi connectivity index (χ2v) is 5.13. The average Bonchev–Trinajstić information content (AvgIpc) is 2.83. The molecule has 0 radical (unpaired) electrons. The van der Waals surface area contributed by atoms with E-state index in [4.69, 9.17) is 0 Å². The molecule has 0 aliphatic carbocycles. The number of hydrogen-bond acceptors (Lipinski definition) is 4. The second kappa shape index (κ2) is 6.02. The fourth-order valence-electron chi connectivity index (χ4n) is 1.79. The minimum atomic E-state index is 0.192. The molecule has 2 aromatic rings. The topological polar surface area (TPSA) is 42.7 Å². The van der Waals surface area contributed by atoms with Gasteiger partial charge >= 0.3 is 0 Å². The van der Waals surface area contributed by atoms with Gasteiger partial charge < -0.3 is 9.88 Å². The van der Waals surface area contributed by atoms with Crippen LogP contribution in [0.25, 0.3) is 0 Å². The van der Waals surface area contributed by atoms with E-state index in [1.807, 2.05) is 11.6 Å². The molecule has 1 aromatic carbocycles. The Morgan fingerprint density at radius 2 is 2.06 bits per heavy atom. The van der Waals surface area contributed by atoms with E-state index >= 15 is 0 Å². The van der Waals surface area contributed by atoms with E-state index < -0.39 is 0 Å². The number of thioether (sulfide) groups is 1. The maximum atomic E-state index is 4.10. The van der Waals surface area contributed by atoms with Crippen LogP contribution in [-0.4, -0.2) is 21.0 Å². The van der Waals surface area contributed by atoms with Crippen molar-refractivity contribution < 1.29 is 0 Å². The lowest BCUT2D eigenvalue weighted by molar-refractivity contribution is 0.528. The predicted molar refractivity (Wildman–Crippen MR) is 74.5 cm³/mol. The van der Waals surface area contributed by atoms with Crippen molar-refractivity contribution in [1.29, 1.82) is 0 Å². The zero-order valence-corrected chi connectivity index (χ0v) is 11.7. The molecule has 1 atom stereocenters. The molecule has 0 saturated carbocycles. The second-order valence-electron chi connectivity index (χ2n) is 4.25. The molecule has 96 valence electrons. The highest BCUT2D eigenvalue weighted by atomic mass is 32.2. The smallest absolute Gasteiger partial charge is 0.149 e. The zero-order valence-electron chi connectivity index (χ0n) is 10.9. The maximum Gasteiger partial charge on any atom is 0.149 e. The summed E-state index contributed by atoms with van der Waals surface area (Å²) in [7, 11) is 1.96. The predicted octanol–water partition coefficient (Wildman–Crippen LogP) is 2.39. The maximum absolute atomic E-state index is 4.10. The van der Waals surface area contributed by atoms with Crippen LogP contribution >= 0.6 is 11.8 Å². The first kappa shape index (κ1) is 13.1. The van der Waals surface area contributed by atoms with E-state index in [9.17, 15) is 0 Å². The first-order chi connectivity index (χ1) is 8.70. The van der Waals surface area contributed by atoms with Crippen molar-refractivity contribution in [3.8, 4) is 0 Å². The van der Waals surface area contributed by atoms with Crippen molar-refractivity contribution in [3.05, 3.63) is 42.0 Å². The lowest BCUT2D eigenvalue weighted by Gasteiger charge is -2.13. The Bertz CT molecular complexity index is 492. The number of nitrogens with one attached hydrogen (secondary N) is 1. The van der Waals surface area contributed by atoms with Crippen LogP contribution in [0.3, 0.4) is 0 Å². The lowest BCUT2D eigenvalue weighted by Crippen LogP contribution is -2.21. The summed E-state index contributed by atoms with van der Waals surface area (Å²) < 4.78 is 1.94. The van der Waals surface area contributed by atoms with E-state index in [0.29, 0.717) is 0 Å². The van der Waals surface area contributed by atoms with Gasteiger partial charge in [-0.05, 0) is 30.9 Å². The van der Waals surface area contributed by atoms with E-state index in [0.717, 1.165) is 12.4 Å². The Labute approximate surface area is 112 Å². The first-order valence-corrected chi connectivity index (χ1v) is 7.13. The molecule has 0 aliphatic heterocycles. The van der Waals surface area contributed by atoms with Crippen LogP contribution in [0, 0.1) is 0 Å². The monoisotopic (exact) mass is 262 g/mol. The summed E-state index contributed by atoms with van der Waals surface area (Å²) in [6.45, 7) is 2.93. The number of aryl methyl sites for hydroxylation is 1. The van der Waals surface area contributed by atoms with Gasteiger partial charge in [-0.3, -0.25) is 0 Å². The van der Waals surface area contributed by atoms with Crippen LogP contribution in [-0.2, 0) is 13.6 Å². The van der Waals surface area contributed by atoms with Crippen LogP contribution in [0.4, 0.5) is 0 Å². The third-order valence-electron chi connectivity index (χ3n) is 2.91. The summed E-state index contributed by atoms with van der Waals surface area (Å²) in [6.07, 6.45) is 3.81. The van der Waals surface area contributed by atoms with E-state index in [1.54, 1.807) is 18.1 Å². The highest BCUT2D eigenvalue weighted by Gasteiger charge is 2.10. The van der Waals surface area contributed by atoms with Gasteiger partial charge in [0.25, 0.3) is 0 Å². The summed E-state index contributed by atoms with van der Waals surface area (Å²) in [5, 5.41) is 11.4. The Morgan fingerprint density at radius 1 is 1.33 bits per heavy atom. The molecule has 1 unspecified atom stereocenters. The van der Waals surface area contributed by atoms with Crippen LogP contribution in [0.15, 0.2) is 35.5 Å². The van der Waals surface area contributed by atoms with Gasteiger partial charge in [0.2, 0.25) is 0 Å². The number of rotatable bonds is 5. The highest BCUT2D eigenvalue weighted by Crippen LogP contribution is 2.15. The molecular weight excluding hydrogens is 244 g/mol. The number of aromatic nitrogens is 3. The molecule has 0 aliphatic rings. The Balaban J connectivity index is 1.93. The third-order valence-corrected chi connectivity index (χ3v) is 3.65. The Morgan fingerprint density at radius 3 is 2.61 bits per heavy atom. The van der Waals surface area contributed by atoms with Crippen molar-refractivity contribution in [1.82, 2.24) is 20.1 Å². The molecule has 0 spiro atoms. The Kier molecular flexibility index (Phi) is 4.38. The molecule has 0 amide bonds. The van der Waals surface area contributed by atoms with Crippen molar-refractivity contribution in [3.63, 3.8) is 0 Å². The molecule has 0 saturated heterocycles. The SMILES string of the molecule is CSc1ccc(CNC(C)c2nncn2C)cc1. The van der Waals surface area contributed by atoms with Crippen molar-refractivity contribution >= 4 is 11.8 Å². The standard InChI is InChI=1S/C13H18N4S/c1-10(13-16-15-9-17(13)2)14-8-11-4-6-12(18-3)7-5-11/h4-7,9-10,14H,8H2,1-3H3. The van der Waals surface area contributed by atoms with Crippen LogP contribution in [0.1, 0.15) is 24.4 Å². The molecule has 18 heavy (non-hydrogen) atoms.